The lowest BCUT2D eigenvalue weighted by atomic mass is 9.85. The number of benzene rings is 2. The molecule has 0 unspecified atom stereocenters. The molecule has 1 heterocycles. The Morgan fingerprint density at radius 1 is 0.720 bits per heavy atom. The normalized spacial score (nSPS) is 18.4. The van der Waals surface area contributed by atoms with Crippen molar-refractivity contribution < 1.29 is 0 Å². The van der Waals surface area contributed by atoms with Crippen LogP contribution in [0.25, 0.3) is 21.8 Å². The second kappa shape index (κ2) is 7.64. The highest BCUT2D eigenvalue weighted by molar-refractivity contribution is 6.08. The van der Waals surface area contributed by atoms with Gasteiger partial charge >= 0.3 is 0 Å². The highest BCUT2D eigenvalue weighted by Crippen LogP contribution is 2.38. The van der Waals surface area contributed by atoms with Gasteiger partial charge in [0.2, 0.25) is 0 Å². The van der Waals surface area contributed by atoms with Crippen molar-refractivity contribution in [2.45, 2.75) is 77.0 Å². The van der Waals surface area contributed by atoms with E-state index in [0.29, 0.717) is 0 Å². The molecular weight excluding hydrogens is 302 g/mol. The maximum absolute atomic E-state index is 3.76. The minimum absolute atomic E-state index is 0.717. The molecule has 1 fully saturated rings. The third kappa shape index (κ3) is 3.47. The Hall–Kier alpha value is -1.76. The Morgan fingerprint density at radius 3 is 2.08 bits per heavy atom. The monoisotopic (exact) mass is 333 g/mol. The zero-order valence-corrected chi connectivity index (χ0v) is 15.6. The van der Waals surface area contributed by atoms with Gasteiger partial charge in [-0.15, -0.1) is 0 Å². The molecule has 0 aliphatic heterocycles. The highest BCUT2D eigenvalue weighted by atomic mass is 14.7. The predicted molar refractivity (Wildman–Crippen MR) is 109 cm³/mol. The van der Waals surface area contributed by atoms with Crippen LogP contribution in [0.15, 0.2) is 36.4 Å². The van der Waals surface area contributed by atoms with Gasteiger partial charge in [0.25, 0.3) is 0 Å². The van der Waals surface area contributed by atoms with Gasteiger partial charge in [-0.2, -0.15) is 0 Å². The molecule has 132 valence electrons. The number of aromatic nitrogens is 1. The van der Waals surface area contributed by atoms with E-state index in [0.717, 1.165) is 5.92 Å². The maximum atomic E-state index is 3.76. The van der Waals surface area contributed by atoms with E-state index >= 15 is 0 Å². The van der Waals surface area contributed by atoms with Gasteiger partial charge in [-0.1, -0.05) is 81.7 Å². The summed E-state index contributed by atoms with van der Waals surface area (Å²) in [6, 6.07) is 13.4. The number of fused-ring (bicyclic) bond motifs is 3. The average molecular weight is 334 g/mol. The summed E-state index contributed by atoms with van der Waals surface area (Å²) < 4.78 is 0. The van der Waals surface area contributed by atoms with Crippen molar-refractivity contribution in [1.82, 2.24) is 4.98 Å². The van der Waals surface area contributed by atoms with Crippen molar-refractivity contribution in [3.63, 3.8) is 0 Å². The third-order valence-electron chi connectivity index (χ3n) is 6.20. The first kappa shape index (κ1) is 16.7. The highest BCUT2D eigenvalue weighted by Gasteiger charge is 2.19. The number of rotatable bonds is 1. The van der Waals surface area contributed by atoms with Crippen molar-refractivity contribution in [2.24, 2.45) is 0 Å². The zero-order valence-electron chi connectivity index (χ0n) is 15.6. The molecule has 1 aliphatic carbocycles. The van der Waals surface area contributed by atoms with E-state index < -0.39 is 0 Å². The Bertz CT molecular complexity index is 830. The molecule has 1 aromatic heterocycles. The summed E-state index contributed by atoms with van der Waals surface area (Å²) in [5.74, 6) is 0.717. The van der Waals surface area contributed by atoms with Crippen LogP contribution in [0.3, 0.4) is 0 Å². The summed E-state index contributed by atoms with van der Waals surface area (Å²) in [5, 5.41) is 2.78. The molecule has 0 radical (unpaired) electrons. The van der Waals surface area contributed by atoms with Crippen LogP contribution in [-0.4, -0.2) is 4.98 Å². The second-order valence-corrected chi connectivity index (χ2v) is 7.99. The Morgan fingerprint density at radius 2 is 1.36 bits per heavy atom. The smallest absolute Gasteiger partial charge is 0.0502 e. The van der Waals surface area contributed by atoms with E-state index in [-0.39, 0.29) is 0 Å². The molecule has 1 aliphatic rings. The number of H-pyrrole nitrogens is 1. The number of aryl methyl sites for hydroxylation is 1. The molecule has 1 saturated carbocycles. The van der Waals surface area contributed by atoms with Gasteiger partial charge < -0.3 is 4.98 Å². The van der Waals surface area contributed by atoms with Crippen LogP contribution in [0.4, 0.5) is 0 Å². The van der Waals surface area contributed by atoms with E-state index in [1.807, 2.05) is 0 Å². The Balaban J connectivity index is 1.75. The van der Waals surface area contributed by atoms with E-state index in [4.69, 9.17) is 0 Å². The number of aromatic amines is 1. The molecular formula is C24H31N. The minimum Gasteiger partial charge on any atom is -0.354 e. The summed E-state index contributed by atoms with van der Waals surface area (Å²) in [6.45, 7) is 2.31. The second-order valence-electron chi connectivity index (χ2n) is 7.99. The number of hydrogen-bond donors (Lipinski definition) is 1. The van der Waals surface area contributed by atoms with Crippen LogP contribution in [0.1, 0.15) is 81.3 Å². The van der Waals surface area contributed by atoms with Gasteiger partial charge in [0.1, 0.15) is 0 Å². The fourth-order valence-electron chi connectivity index (χ4n) is 4.85. The molecule has 0 bridgehead atoms. The first-order chi connectivity index (χ1) is 12.3. The van der Waals surface area contributed by atoms with Crippen molar-refractivity contribution in [3.05, 3.63) is 47.5 Å². The first-order valence-corrected chi connectivity index (χ1v) is 10.3. The zero-order chi connectivity index (χ0) is 17.1. The Labute approximate surface area is 151 Å². The largest absolute Gasteiger partial charge is 0.354 e. The summed E-state index contributed by atoms with van der Waals surface area (Å²) in [7, 11) is 0. The fraction of sp³-hybridized carbons (Fsp3) is 0.500. The maximum Gasteiger partial charge on any atom is 0.0502 e. The van der Waals surface area contributed by atoms with Crippen LogP contribution in [-0.2, 0) is 0 Å². The molecule has 1 nitrogen and oxygen atoms in total. The molecule has 2 aromatic carbocycles. The SMILES string of the molecule is Cc1ccc2c([nH]c3ccccc32)c1C1CCCCCCCCCC1. The standard InChI is InChI=1S/C24H31N/c1-18-16-17-21-20-14-10-11-15-22(20)25-24(21)23(18)19-12-8-6-4-2-3-5-7-9-13-19/h10-11,14-17,19,25H,2-9,12-13H2,1H3. The van der Waals surface area contributed by atoms with Crippen LogP contribution in [0.2, 0.25) is 0 Å². The van der Waals surface area contributed by atoms with Crippen molar-refractivity contribution in [1.29, 1.82) is 0 Å². The quantitative estimate of drug-likeness (QED) is 0.471. The summed E-state index contributed by atoms with van der Waals surface area (Å²) >= 11 is 0. The van der Waals surface area contributed by atoms with Crippen LogP contribution < -0.4 is 0 Å². The molecule has 25 heavy (non-hydrogen) atoms. The molecule has 1 N–H and O–H groups in total. The van der Waals surface area contributed by atoms with Gasteiger partial charge in [-0.25, -0.2) is 0 Å². The molecule has 0 amide bonds. The van der Waals surface area contributed by atoms with E-state index in [9.17, 15) is 0 Å². The molecule has 4 rings (SSSR count). The summed E-state index contributed by atoms with van der Waals surface area (Å²) in [5.41, 5.74) is 5.76. The number of nitrogens with one attached hydrogen (secondary N) is 1. The first-order valence-electron chi connectivity index (χ1n) is 10.3. The lowest BCUT2D eigenvalue weighted by Gasteiger charge is -2.20. The molecule has 3 aromatic rings. The topological polar surface area (TPSA) is 15.8 Å². The number of hydrogen-bond acceptors (Lipinski definition) is 0. The van der Waals surface area contributed by atoms with E-state index in [2.05, 4.69) is 48.3 Å². The Kier molecular flexibility index (Phi) is 5.10. The minimum atomic E-state index is 0.717. The van der Waals surface area contributed by atoms with Gasteiger partial charge in [-0.3, -0.25) is 0 Å². The van der Waals surface area contributed by atoms with Gasteiger partial charge in [0.05, 0.1) is 5.52 Å². The molecule has 0 spiro atoms. The fourth-order valence-corrected chi connectivity index (χ4v) is 4.85. The van der Waals surface area contributed by atoms with Gasteiger partial charge in [0, 0.05) is 16.3 Å². The third-order valence-corrected chi connectivity index (χ3v) is 6.20. The van der Waals surface area contributed by atoms with Crippen molar-refractivity contribution in [2.75, 3.05) is 0 Å². The predicted octanol–water partition coefficient (Wildman–Crippen LogP) is 7.63. The summed E-state index contributed by atoms with van der Waals surface area (Å²) in [4.78, 5) is 3.76. The lowest BCUT2D eigenvalue weighted by Crippen LogP contribution is -2.03. The van der Waals surface area contributed by atoms with E-state index in [1.165, 1.54) is 91.6 Å². The van der Waals surface area contributed by atoms with Gasteiger partial charge in [0.15, 0.2) is 0 Å². The van der Waals surface area contributed by atoms with E-state index in [1.54, 1.807) is 5.56 Å². The van der Waals surface area contributed by atoms with Crippen LogP contribution >= 0.6 is 0 Å². The molecule has 0 saturated heterocycles. The van der Waals surface area contributed by atoms with Gasteiger partial charge in [-0.05, 0) is 42.9 Å². The molecule has 0 atom stereocenters. The molecule has 1 heteroatoms. The van der Waals surface area contributed by atoms with Crippen molar-refractivity contribution >= 4 is 21.8 Å². The van der Waals surface area contributed by atoms with Crippen molar-refractivity contribution in [3.8, 4) is 0 Å². The average Bonchev–Trinajstić information content (AvgIpc) is 2.96. The van der Waals surface area contributed by atoms with Crippen LogP contribution in [0.5, 0.6) is 0 Å². The summed E-state index contributed by atoms with van der Waals surface area (Å²) in [6.07, 6.45) is 14.1. The van der Waals surface area contributed by atoms with Crippen LogP contribution in [0, 0.1) is 6.92 Å². The lowest BCUT2D eigenvalue weighted by molar-refractivity contribution is 0.515. The number of para-hydroxylation sites is 1.